The van der Waals surface area contributed by atoms with Gasteiger partial charge in [0.05, 0.1) is 11.7 Å². The maximum atomic E-state index is 12.5. The number of phenols is 1. The number of allylic oxidation sites excluding steroid dienone is 1. The Kier molecular flexibility index (Phi) is 4.41. The maximum absolute atomic E-state index is 12.5. The van der Waals surface area contributed by atoms with Crippen LogP contribution in [0.25, 0.3) is 0 Å². The van der Waals surface area contributed by atoms with Crippen LogP contribution in [0.5, 0.6) is 11.5 Å². The Labute approximate surface area is 147 Å². The van der Waals surface area contributed by atoms with Crippen molar-refractivity contribution in [2.75, 3.05) is 0 Å². The Balaban J connectivity index is 1.66. The van der Waals surface area contributed by atoms with Gasteiger partial charge < -0.3 is 20.1 Å². The van der Waals surface area contributed by atoms with Crippen LogP contribution in [-0.2, 0) is 0 Å². The molecule has 0 unspecified atom stereocenters. The van der Waals surface area contributed by atoms with E-state index in [-0.39, 0.29) is 35.2 Å². The summed E-state index contributed by atoms with van der Waals surface area (Å²) in [5.74, 6) is -1.99. The van der Waals surface area contributed by atoms with Crippen molar-refractivity contribution in [1.82, 2.24) is 0 Å². The SMILES string of the molecule is C=C1CC[C@H](O)C(C)(C)[C@@H]1CCC[C@@]1(O)Oc2ccc(O)cc2C1=O. The van der Waals surface area contributed by atoms with Gasteiger partial charge in [-0.25, -0.2) is 0 Å². The lowest BCUT2D eigenvalue weighted by molar-refractivity contribution is -0.0977. The van der Waals surface area contributed by atoms with E-state index in [4.69, 9.17) is 4.74 Å². The van der Waals surface area contributed by atoms with Gasteiger partial charge in [0.25, 0.3) is 5.79 Å². The number of aliphatic hydroxyl groups excluding tert-OH is 1. The van der Waals surface area contributed by atoms with Gasteiger partial charge in [0.1, 0.15) is 11.5 Å². The molecule has 3 atom stereocenters. The first-order valence-corrected chi connectivity index (χ1v) is 8.80. The summed E-state index contributed by atoms with van der Waals surface area (Å²) in [6.45, 7) is 8.23. The highest BCUT2D eigenvalue weighted by Crippen LogP contribution is 2.46. The standard InChI is InChI=1S/C20H26O5/c1-12-6-9-17(22)19(2,3)15(12)5-4-10-20(24)18(23)14-11-13(21)7-8-16(14)25-20/h7-8,11,15,17,21-22,24H,1,4-6,9-10H2,2-3H3/t15-,17+,20-/m1/s1. The molecular weight excluding hydrogens is 320 g/mol. The van der Waals surface area contributed by atoms with Gasteiger partial charge in [0.2, 0.25) is 5.78 Å². The van der Waals surface area contributed by atoms with Crippen LogP contribution in [0.4, 0.5) is 0 Å². The summed E-state index contributed by atoms with van der Waals surface area (Å²) < 4.78 is 5.47. The molecule has 1 aromatic carbocycles. The molecule has 0 spiro atoms. The zero-order valence-electron chi connectivity index (χ0n) is 14.8. The Morgan fingerprint density at radius 3 is 2.80 bits per heavy atom. The van der Waals surface area contributed by atoms with Crippen LogP contribution in [0.1, 0.15) is 56.3 Å². The molecule has 2 aliphatic rings. The van der Waals surface area contributed by atoms with Crippen LogP contribution >= 0.6 is 0 Å². The van der Waals surface area contributed by atoms with Gasteiger partial charge in [-0.15, -0.1) is 0 Å². The third kappa shape index (κ3) is 3.07. The lowest BCUT2D eigenvalue weighted by atomic mass is 9.63. The van der Waals surface area contributed by atoms with Gasteiger partial charge in [-0.2, -0.15) is 0 Å². The van der Waals surface area contributed by atoms with E-state index < -0.39 is 11.6 Å². The average Bonchev–Trinajstić information content (AvgIpc) is 2.79. The largest absolute Gasteiger partial charge is 0.508 e. The number of hydrogen-bond donors (Lipinski definition) is 3. The van der Waals surface area contributed by atoms with E-state index in [1.807, 2.05) is 13.8 Å². The second kappa shape index (κ2) is 6.15. The van der Waals surface area contributed by atoms with Crippen molar-refractivity contribution >= 4 is 5.78 Å². The minimum absolute atomic E-state index is 0.0332. The molecule has 1 fully saturated rings. The summed E-state index contributed by atoms with van der Waals surface area (Å²) in [7, 11) is 0. The summed E-state index contributed by atoms with van der Waals surface area (Å²) in [6.07, 6.45) is 2.62. The number of aromatic hydroxyl groups is 1. The van der Waals surface area contributed by atoms with E-state index in [1.54, 1.807) is 0 Å². The van der Waals surface area contributed by atoms with Crippen molar-refractivity contribution in [2.45, 2.75) is 57.8 Å². The third-order valence-electron chi connectivity index (χ3n) is 5.84. The molecule has 1 aliphatic heterocycles. The topological polar surface area (TPSA) is 87.0 Å². The Hall–Kier alpha value is -1.85. The van der Waals surface area contributed by atoms with E-state index in [0.717, 1.165) is 24.8 Å². The van der Waals surface area contributed by atoms with Crippen molar-refractivity contribution in [3.05, 3.63) is 35.9 Å². The van der Waals surface area contributed by atoms with Crippen LogP contribution in [0.15, 0.2) is 30.4 Å². The minimum atomic E-state index is -1.88. The molecule has 136 valence electrons. The minimum Gasteiger partial charge on any atom is -0.508 e. The highest BCUT2D eigenvalue weighted by molar-refractivity contribution is 6.06. The molecule has 0 aromatic heterocycles. The average molecular weight is 346 g/mol. The third-order valence-corrected chi connectivity index (χ3v) is 5.84. The number of hydrogen-bond acceptors (Lipinski definition) is 5. The van der Waals surface area contributed by atoms with Crippen LogP contribution in [0.2, 0.25) is 0 Å². The smallest absolute Gasteiger partial charge is 0.272 e. The molecule has 0 radical (unpaired) electrons. The second-order valence-electron chi connectivity index (χ2n) is 7.87. The predicted octanol–water partition coefficient (Wildman–Crippen LogP) is 3.18. The van der Waals surface area contributed by atoms with Crippen molar-refractivity contribution in [2.24, 2.45) is 11.3 Å². The van der Waals surface area contributed by atoms with Gasteiger partial charge in [-0.05, 0) is 55.2 Å². The zero-order chi connectivity index (χ0) is 18.4. The van der Waals surface area contributed by atoms with Crippen molar-refractivity contribution in [3.63, 3.8) is 0 Å². The molecule has 1 aromatic rings. The monoisotopic (exact) mass is 346 g/mol. The maximum Gasteiger partial charge on any atom is 0.272 e. The summed E-state index contributed by atoms with van der Waals surface area (Å²) in [4.78, 5) is 12.5. The molecule has 3 rings (SSSR count). The quantitative estimate of drug-likeness (QED) is 0.729. The fraction of sp³-hybridized carbons (Fsp3) is 0.550. The molecule has 1 heterocycles. The summed E-state index contributed by atoms with van der Waals surface area (Å²) in [5, 5.41) is 30.4. The Bertz CT molecular complexity index is 708. The highest BCUT2D eigenvalue weighted by Gasteiger charge is 2.47. The van der Waals surface area contributed by atoms with Gasteiger partial charge in [-0.3, -0.25) is 4.79 Å². The normalized spacial score (nSPS) is 30.9. The molecule has 1 saturated carbocycles. The van der Waals surface area contributed by atoms with Crippen molar-refractivity contribution in [1.29, 1.82) is 0 Å². The first-order chi connectivity index (χ1) is 11.6. The molecule has 0 saturated heterocycles. The number of Topliss-reactive ketones (excluding diaryl/α,β-unsaturated/α-hetero) is 1. The molecule has 0 amide bonds. The summed E-state index contributed by atoms with van der Waals surface area (Å²) >= 11 is 0. The van der Waals surface area contributed by atoms with Crippen LogP contribution in [0.3, 0.4) is 0 Å². The second-order valence-corrected chi connectivity index (χ2v) is 7.87. The van der Waals surface area contributed by atoms with E-state index >= 15 is 0 Å². The number of aliphatic hydroxyl groups is 2. The number of fused-ring (bicyclic) bond motifs is 1. The summed E-state index contributed by atoms with van der Waals surface area (Å²) in [6, 6.07) is 4.23. The van der Waals surface area contributed by atoms with Crippen LogP contribution in [0, 0.1) is 11.3 Å². The van der Waals surface area contributed by atoms with Gasteiger partial charge in [0, 0.05) is 6.42 Å². The molecule has 1 aliphatic carbocycles. The number of rotatable bonds is 4. The van der Waals surface area contributed by atoms with E-state index in [1.165, 1.54) is 18.2 Å². The summed E-state index contributed by atoms with van der Waals surface area (Å²) in [5.41, 5.74) is 1.06. The zero-order valence-corrected chi connectivity index (χ0v) is 14.8. The number of phenolic OH excluding ortho intramolecular Hbond substituents is 1. The van der Waals surface area contributed by atoms with E-state index in [0.29, 0.717) is 12.2 Å². The van der Waals surface area contributed by atoms with E-state index in [9.17, 15) is 20.1 Å². The first kappa shape index (κ1) is 18.0. The van der Waals surface area contributed by atoms with Gasteiger partial charge in [0.15, 0.2) is 0 Å². The van der Waals surface area contributed by atoms with Crippen LogP contribution in [-0.4, -0.2) is 33.0 Å². The highest BCUT2D eigenvalue weighted by atomic mass is 16.6. The molecule has 5 heteroatoms. The number of carbonyl (C=O) groups excluding carboxylic acids is 1. The first-order valence-electron chi connectivity index (χ1n) is 8.80. The fourth-order valence-electron chi connectivity index (χ4n) is 4.14. The molecule has 0 bridgehead atoms. The van der Waals surface area contributed by atoms with Gasteiger partial charge >= 0.3 is 0 Å². The Morgan fingerprint density at radius 2 is 2.08 bits per heavy atom. The fourth-order valence-corrected chi connectivity index (χ4v) is 4.14. The lowest BCUT2D eigenvalue weighted by Gasteiger charge is -2.44. The molecular formula is C20H26O5. The van der Waals surface area contributed by atoms with Crippen molar-refractivity contribution in [3.8, 4) is 11.5 Å². The lowest BCUT2D eigenvalue weighted by Crippen LogP contribution is -2.42. The van der Waals surface area contributed by atoms with Gasteiger partial charge in [-0.1, -0.05) is 26.0 Å². The van der Waals surface area contributed by atoms with Crippen molar-refractivity contribution < 1.29 is 24.9 Å². The predicted molar refractivity (Wildman–Crippen MR) is 93.5 cm³/mol. The number of benzene rings is 1. The number of ketones is 1. The molecule has 5 nitrogen and oxygen atoms in total. The Morgan fingerprint density at radius 1 is 1.36 bits per heavy atom. The number of ether oxygens (including phenoxy) is 1. The van der Waals surface area contributed by atoms with E-state index in [2.05, 4.69) is 6.58 Å². The number of carbonyl (C=O) groups is 1. The van der Waals surface area contributed by atoms with Crippen LogP contribution < -0.4 is 4.74 Å². The molecule has 25 heavy (non-hydrogen) atoms. The molecule has 3 N–H and O–H groups in total.